The highest BCUT2D eigenvalue weighted by atomic mass is 79.9. The van der Waals surface area contributed by atoms with E-state index in [1.54, 1.807) is 11.3 Å². The summed E-state index contributed by atoms with van der Waals surface area (Å²) in [6.45, 7) is 4.70. The number of hydrogen-bond acceptors (Lipinski definition) is 2. The van der Waals surface area contributed by atoms with Crippen molar-refractivity contribution < 1.29 is 8.78 Å². The van der Waals surface area contributed by atoms with Crippen molar-refractivity contribution in [1.29, 1.82) is 0 Å². The Kier molecular flexibility index (Phi) is 5.29. The quantitative estimate of drug-likeness (QED) is 0.774. The molecule has 0 fully saturated rings. The van der Waals surface area contributed by atoms with Gasteiger partial charge in [0.2, 0.25) is 0 Å². The predicted molar refractivity (Wildman–Crippen MR) is 83.3 cm³/mol. The van der Waals surface area contributed by atoms with Crippen LogP contribution in [-0.4, -0.2) is 6.54 Å². The van der Waals surface area contributed by atoms with Gasteiger partial charge in [-0.25, -0.2) is 8.78 Å². The minimum Gasteiger partial charge on any atom is -0.306 e. The molecule has 2 aromatic rings. The van der Waals surface area contributed by atoms with Crippen LogP contribution >= 0.6 is 27.3 Å². The Hall–Kier alpha value is -0.780. The van der Waals surface area contributed by atoms with E-state index in [2.05, 4.69) is 21.2 Å². The van der Waals surface area contributed by atoms with Gasteiger partial charge in [0.1, 0.15) is 11.6 Å². The summed E-state index contributed by atoms with van der Waals surface area (Å²) < 4.78 is 28.8. The lowest BCUT2D eigenvalue weighted by molar-refractivity contribution is 0.502. The van der Waals surface area contributed by atoms with Crippen LogP contribution in [0.5, 0.6) is 0 Å². The summed E-state index contributed by atoms with van der Waals surface area (Å²) in [4.78, 5) is 1.07. The smallest absolute Gasteiger partial charge is 0.132 e. The number of benzene rings is 1. The van der Waals surface area contributed by atoms with Gasteiger partial charge in [0.15, 0.2) is 0 Å². The van der Waals surface area contributed by atoms with Crippen LogP contribution in [0.3, 0.4) is 0 Å². The first-order chi connectivity index (χ1) is 9.54. The van der Waals surface area contributed by atoms with Gasteiger partial charge in [0.05, 0.1) is 6.04 Å². The normalized spacial score (nSPS) is 12.7. The molecule has 0 aliphatic carbocycles. The van der Waals surface area contributed by atoms with Gasteiger partial charge in [-0.1, -0.05) is 22.9 Å². The third-order valence-electron chi connectivity index (χ3n) is 3.14. The zero-order valence-corrected chi connectivity index (χ0v) is 13.7. The van der Waals surface area contributed by atoms with E-state index in [4.69, 9.17) is 0 Å². The molecule has 1 aromatic carbocycles. The van der Waals surface area contributed by atoms with Gasteiger partial charge in [0.25, 0.3) is 0 Å². The van der Waals surface area contributed by atoms with Gasteiger partial charge >= 0.3 is 0 Å². The van der Waals surface area contributed by atoms with Crippen LogP contribution in [0.25, 0.3) is 0 Å². The molecule has 0 amide bonds. The molecule has 0 aliphatic heterocycles. The minimum atomic E-state index is -0.531. The second kappa shape index (κ2) is 6.78. The van der Waals surface area contributed by atoms with E-state index < -0.39 is 17.7 Å². The van der Waals surface area contributed by atoms with Gasteiger partial charge in [0, 0.05) is 14.9 Å². The zero-order valence-electron chi connectivity index (χ0n) is 11.3. The molecule has 1 unspecified atom stereocenters. The standard InChI is InChI=1S/C15H16BrF2NS/c1-3-5-19-15(11-4-6-20-9(11)2)14-12(17)7-10(16)8-13(14)18/h4,6-8,15,19H,3,5H2,1-2H3. The van der Waals surface area contributed by atoms with Crippen LogP contribution in [0, 0.1) is 18.6 Å². The Morgan fingerprint density at radius 1 is 1.30 bits per heavy atom. The summed E-state index contributed by atoms with van der Waals surface area (Å²) in [5.41, 5.74) is 1.02. The summed E-state index contributed by atoms with van der Waals surface area (Å²) in [5, 5.41) is 5.19. The van der Waals surface area contributed by atoms with Crippen LogP contribution < -0.4 is 5.32 Å². The Bertz CT molecular complexity index is 574. The van der Waals surface area contributed by atoms with Gasteiger partial charge < -0.3 is 5.32 Å². The Labute approximate surface area is 130 Å². The SMILES string of the molecule is CCCNC(c1ccsc1C)c1c(F)cc(Br)cc1F. The van der Waals surface area contributed by atoms with Crippen molar-refractivity contribution in [3.05, 3.63) is 55.7 Å². The molecular formula is C15H16BrF2NS. The molecule has 20 heavy (non-hydrogen) atoms. The minimum absolute atomic E-state index is 0.0863. The molecule has 2 rings (SSSR count). The second-order valence-corrected chi connectivity index (χ2v) is 6.64. The fraction of sp³-hybridized carbons (Fsp3) is 0.333. The number of halogens is 3. The predicted octanol–water partition coefficient (Wildman–Crippen LogP) is 5.19. The second-order valence-electron chi connectivity index (χ2n) is 4.60. The first kappa shape index (κ1) is 15.6. The summed E-state index contributed by atoms with van der Waals surface area (Å²) in [7, 11) is 0. The molecule has 1 nitrogen and oxygen atoms in total. The van der Waals surface area contributed by atoms with E-state index in [9.17, 15) is 8.78 Å². The van der Waals surface area contributed by atoms with Crippen molar-refractivity contribution in [3.8, 4) is 0 Å². The molecule has 0 bridgehead atoms. The summed E-state index contributed by atoms with van der Waals surface area (Å²) in [6.07, 6.45) is 0.902. The molecule has 1 aromatic heterocycles. The molecule has 1 atom stereocenters. The van der Waals surface area contributed by atoms with Crippen molar-refractivity contribution in [2.75, 3.05) is 6.54 Å². The molecule has 0 saturated heterocycles. The number of rotatable bonds is 5. The average Bonchev–Trinajstić information content (AvgIpc) is 2.78. The topological polar surface area (TPSA) is 12.0 Å². The summed E-state index contributed by atoms with van der Waals surface area (Å²) in [6, 6.07) is 4.09. The number of nitrogens with one attached hydrogen (secondary N) is 1. The van der Waals surface area contributed by atoms with Gasteiger partial charge in [-0.3, -0.25) is 0 Å². The monoisotopic (exact) mass is 359 g/mol. The zero-order chi connectivity index (χ0) is 14.7. The van der Waals surface area contributed by atoms with E-state index in [-0.39, 0.29) is 5.56 Å². The molecular weight excluding hydrogens is 344 g/mol. The highest BCUT2D eigenvalue weighted by Gasteiger charge is 2.23. The van der Waals surface area contributed by atoms with E-state index in [0.29, 0.717) is 11.0 Å². The lowest BCUT2D eigenvalue weighted by Gasteiger charge is -2.21. The van der Waals surface area contributed by atoms with Crippen molar-refractivity contribution in [2.45, 2.75) is 26.3 Å². The van der Waals surface area contributed by atoms with Gasteiger partial charge in [-0.05, 0) is 49.0 Å². The Morgan fingerprint density at radius 3 is 2.45 bits per heavy atom. The maximum Gasteiger partial charge on any atom is 0.132 e. The largest absolute Gasteiger partial charge is 0.306 e. The number of hydrogen-bond donors (Lipinski definition) is 1. The van der Waals surface area contributed by atoms with Crippen LogP contribution in [-0.2, 0) is 0 Å². The maximum atomic E-state index is 14.2. The van der Waals surface area contributed by atoms with Crippen molar-refractivity contribution in [3.63, 3.8) is 0 Å². The molecule has 0 aliphatic rings. The highest BCUT2D eigenvalue weighted by Crippen LogP contribution is 2.32. The van der Waals surface area contributed by atoms with Crippen molar-refractivity contribution in [2.24, 2.45) is 0 Å². The fourth-order valence-corrected chi connectivity index (χ4v) is 3.32. The van der Waals surface area contributed by atoms with Gasteiger partial charge in [-0.15, -0.1) is 11.3 Å². The maximum absolute atomic E-state index is 14.2. The lowest BCUT2D eigenvalue weighted by Crippen LogP contribution is -2.25. The summed E-state index contributed by atoms with van der Waals surface area (Å²) >= 11 is 4.70. The highest BCUT2D eigenvalue weighted by molar-refractivity contribution is 9.10. The fourth-order valence-electron chi connectivity index (χ4n) is 2.18. The van der Waals surface area contributed by atoms with Crippen LogP contribution in [0.4, 0.5) is 8.78 Å². The molecule has 108 valence electrons. The number of aryl methyl sites for hydroxylation is 1. The van der Waals surface area contributed by atoms with E-state index in [1.807, 2.05) is 25.3 Å². The average molecular weight is 360 g/mol. The van der Waals surface area contributed by atoms with E-state index in [0.717, 1.165) is 16.9 Å². The lowest BCUT2D eigenvalue weighted by atomic mass is 9.98. The molecule has 1 N–H and O–H groups in total. The molecule has 0 radical (unpaired) electrons. The number of thiophene rings is 1. The van der Waals surface area contributed by atoms with Crippen LogP contribution in [0.2, 0.25) is 0 Å². The van der Waals surface area contributed by atoms with E-state index >= 15 is 0 Å². The Balaban J connectivity index is 2.50. The Morgan fingerprint density at radius 2 is 1.95 bits per heavy atom. The molecule has 0 spiro atoms. The van der Waals surface area contributed by atoms with Crippen molar-refractivity contribution in [1.82, 2.24) is 5.32 Å². The van der Waals surface area contributed by atoms with Crippen molar-refractivity contribution >= 4 is 27.3 Å². The molecule has 5 heteroatoms. The summed E-state index contributed by atoms with van der Waals surface area (Å²) in [5.74, 6) is -1.06. The third kappa shape index (κ3) is 3.27. The van der Waals surface area contributed by atoms with E-state index in [1.165, 1.54) is 12.1 Å². The molecule has 1 heterocycles. The van der Waals surface area contributed by atoms with Crippen LogP contribution in [0.15, 0.2) is 28.1 Å². The first-order valence-electron chi connectivity index (χ1n) is 6.46. The van der Waals surface area contributed by atoms with Crippen LogP contribution in [0.1, 0.15) is 35.4 Å². The first-order valence-corrected chi connectivity index (χ1v) is 8.13. The molecule has 0 saturated carbocycles. The third-order valence-corrected chi connectivity index (χ3v) is 4.46. The van der Waals surface area contributed by atoms with Gasteiger partial charge in [-0.2, -0.15) is 0 Å².